The number of thiazole rings is 1. The number of carbonyl (C=O) groups is 1. The van der Waals surface area contributed by atoms with Gasteiger partial charge in [0.25, 0.3) is 5.91 Å². The fraction of sp³-hybridized carbons (Fsp3) is 0.0952. The Balaban J connectivity index is 1.87. The maximum Gasteiger partial charge on any atom is 0.297 e. The summed E-state index contributed by atoms with van der Waals surface area (Å²) >= 11 is 7.42. The number of carbonyl (C=O) groups excluding carboxylic acids is 1. The predicted octanol–water partition coefficient (Wildman–Crippen LogP) is 5.10. The Kier molecular flexibility index (Phi) is 4.04. The number of aromatic nitrogens is 1. The first-order chi connectivity index (χ1) is 14.0. The van der Waals surface area contributed by atoms with E-state index >= 15 is 0 Å². The van der Waals surface area contributed by atoms with Crippen molar-refractivity contribution in [3.8, 4) is 0 Å². The molecule has 0 aliphatic carbocycles. The number of anilines is 1. The SMILES string of the molecule is Cc1cc2oc3c(c(=O)c2cc1Cl)[C@H](c1ccccc1F)N(c1nccs1)C3=O. The van der Waals surface area contributed by atoms with Gasteiger partial charge in [-0.05, 0) is 30.7 Å². The standard InChI is InChI=1S/C21H12ClFN2O3S/c1-10-8-15-12(9-13(10)22)18(26)16-17(11-4-2-3-5-14(11)23)25(20(27)19(16)28-15)21-24-6-7-29-21/h2-9,17H,1H3/t17-/m0/s1. The Morgan fingerprint density at radius 1 is 1.24 bits per heavy atom. The molecule has 4 aromatic rings. The molecule has 0 bridgehead atoms. The molecule has 1 aliphatic heterocycles. The van der Waals surface area contributed by atoms with Crippen LogP contribution in [0.15, 0.2) is 57.2 Å². The zero-order chi connectivity index (χ0) is 20.3. The van der Waals surface area contributed by atoms with Crippen molar-refractivity contribution < 1.29 is 13.6 Å². The lowest BCUT2D eigenvalue weighted by Crippen LogP contribution is -2.29. The van der Waals surface area contributed by atoms with E-state index in [0.29, 0.717) is 10.2 Å². The Bertz CT molecular complexity index is 1350. The van der Waals surface area contributed by atoms with E-state index in [1.54, 1.807) is 42.8 Å². The number of halogens is 2. The Hall–Kier alpha value is -3.03. The van der Waals surface area contributed by atoms with E-state index in [2.05, 4.69) is 4.98 Å². The van der Waals surface area contributed by atoms with Crippen LogP contribution in [0.1, 0.15) is 33.3 Å². The van der Waals surface area contributed by atoms with Gasteiger partial charge >= 0.3 is 0 Å². The van der Waals surface area contributed by atoms with Gasteiger partial charge < -0.3 is 4.42 Å². The molecule has 0 spiro atoms. The van der Waals surface area contributed by atoms with Gasteiger partial charge in [-0.15, -0.1) is 11.3 Å². The maximum atomic E-state index is 14.7. The second-order valence-electron chi connectivity index (χ2n) is 6.69. The summed E-state index contributed by atoms with van der Waals surface area (Å²) in [5, 5.41) is 2.72. The number of hydrogen-bond donors (Lipinski definition) is 0. The molecule has 0 fully saturated rings. The van der Waals surface area contributed by atoms with Crippen molar-refractivity contribution in [3.63, 3.8) is 0 Å². The first-order valence-corrected chi connectivity index (χ1v) is 9.97. The molecule has 5 rings (SSSR count). The van der Waals surface area contributed by atoms with Crippen molar-refractivity contribution >= 4 is 44.9 Å². The maximum absolute atomic E-state index is 14.7. The molecule has 0 N–H and O–H groups in total. The second-order valence-corrected chi connectivity index (χ2v) is 7.97. The fourth-order valence-corrected chi connectivity index (χ4v) is 4.45. The molecule has 2 aromatic heterocycles. The lowest BCUT2D eigenvalue weighted by atomic mass is 9.98. The smallest absolute Gasteiger partial charge is 0.297 e. The highest BCUT2D eigenvalue weighted by atomic mass is 35.5. The summed E-state index contributed by atoms with van der Waals surface area (Å²) in [4.78, 5) is 32.2. The number of rotatable bonds is 2. The quantitative estimate of drug-likeness (QED) is 0.447. The Morgan fingerprint density at radius 3 is 2.76 bits per heavy atom. The minimum absolute atomic E-state index is 0.0859. The first kappa shape index (κ1) is 18.0. The van der Waals surface area contributed by atoms with Crippen LogP contribution < -0.4 is 10.3 Å². The fourth-order valence-electron chi connectivity index (χ4n) is 3.62. The highest BCUT2D eigenvalue weighted by Gasteiger charge is 2.45. The van der Waals surface area contributed by atoms with E-state index in [1.165, 1.54) is 28.4 Å². The summed E-state index contributed by atoms with van der Waals surface area (Å²) in [6.45, 7) is 1.78. The van der Waals surface area contributed by atoms with E-state index in [-0.39, 0.29) is 27.9 Å². The third kappa shape index (κ3) is 2.62. The molecule has 29 heavy (non-hydrogen) atoms. The van der Waals surface area contributed by atoms with Gasteiger partial charge in [-0.2, -0.15) is 0 Å². The van der Waals surface area contributed by atoms with Gasteiger partial charge in [-0.3, -0.25) is 14.5 Å². The van der Waals surface area contributed by atoms with Gasteiger partial charge in [0.2, 0.25) is 5.76 Å². The molecular weight excluding hydrogens is 415 g/mol. The van der Waals surface area contributed by atoms with Gasteiger partial charge in [0.1, 0.15) is 17.4 Å². The second kappa shape index (κ2) is 6.50. The number of hydrogen-bond acceptors (Lipinski definition) is 5. The summed E-state index contributed by atoms with van der Waals surface area (Å²) in [7, 11) is 0. The van der Waals surface area contributed by atoms with Crippen LogP contribution in [0.2, 0.25) is 5.02 Å². The molecule has 2 aromatic carbocycles. The molecule has 1 atom stereocenters. The number of aryl methyl sites for hydroxylation is 1. The molecule has 3 heterocycles. The van der Waals surface area contributed by atoms with Crippen LogP contribution in [0.5, 0.6) is 0 Å². The first-order valence-electron chi connectivity index (χ1n) is 8.71. The van der Waals surface area contributed by atoms with Crippen LogP contribution in [0, 0.1) is 12.7 Å². The molecule has 144 valence electrons. The molecule has 0 unspecified atom stereocenters. The lowest BCUT2D eigenvalue weighted by Gasteiger charge is -2.22. The molecule has 0 saturated heterocycles. The van der Waals surface area contributed by atoms with Crippen LogP contribution in [0.3, 0.4) is 0 Å². The van der Waals surface area contributed by atoms with E-state index < -0.39 is 23.2 Å². The van der Waals surface area contributed by atoms with Crippen LogP contribution in [0.25, 0.3) is 11.0 Å². The number of fused-ring (bicyclic) bond motifs is 2. The van der Waals surface area contributed by atoms with E-state index in [9.17, 15) is 14.0 Å². The molecule has 1 amide bonds. The Morgan fingerprint density at radius 2 is 2.03 bits per heavy atom. The third-order valence-electron chi connectivity index (χ3n) is 4.98. The summed E-state index contributed by atoms with van der Waals surface area (Å²) in [6, 6.07) is 8.21. The summed E-state index contributed by atoms with van der Waals surface area (Å²) < 4.78 is 20.6. The summed E-state index contributed by atoms with van der Waals surface area (Å²) in [5.41, 5.74) is 0.846. The minimum atomic E-state index is -0.981. The molecule has 0 radical (unpaired) electrons. The number of nitrogens with zero attached hydrogens (tertiary/aromatic N) is 2. The zero-order valence-corrected chi connectivity index (χ0v) is 16.6. The van der Waals surface area contributed by atoms with Crippen molar-refractivity contribution in [2.75, 3.05) is 4.90 Å². The summed E-state index contributed by atoms with van der Waals surface area (Å²) in [5.74, 6) is -1.16. The zero-order valence-electron chi connectivity index (χ0n) is 15.0. The van der Waals surface area contributed by atoms with Crippen molar-refractivity contribution in [2.45, 2.75) is 13.0 Å². The number of benzene rings is 2. The third-order valence-corrected chi connectivity index (χ3v) is 6.15. The van der Waals surface area contributed by atoms with Crippen molar-refractivity contribution in [2.24, 2.45) is 0 Å². The topological polar surface area (TPSA) is 63.4 Å². The normalized spacial score (nSPS) is 15.9. The molecule has 8 heteroatoms. The number of amides is 1. The van der Waals surface area contributed by atoms with Crippen molar-refractivity contribution in [1.82, 2.24) is 4.98 Å². The largest absolute Gasteiger partial charge is 0.450 e. The molecule has 5 nitrogen and oxygen atoms in total. The predicted molar refractivity (Wildman–Crippen MR) is 109 cm³/mol. The van der Waals surface area contributed by atoms with Crippen LogP contribution in [-0.2, 0) is 0 Å². The van der Waals surface area contributed by atoms with Crippen molar-refractivity contribution in [1.29, 1.82) is 0 Å². The van der Waals surface area contributed by atoms with E-state index in [4.69, 9.17) is 16.0 Å². The van der Waals surface area contributed by atoms with Gasteiger partial charge in [-0.1, -0.05) is 29.8 Å². The Labute approximate surface area is 173 Å². The minimum Gasteiger partial charge on any atom is -0.450 e. The van der Waals surface area contributed by atoms with E-state index in [0.717, 1.165) is 5.56 Å². The van der Waals surface area contributed by atoms with Crippen LogP contribution in [-0.4, -0.2) is 10.9 Å². The molecular formula is C21H12ClFN2O3S. The monoisotopic (exact) mass is 426 g/mol. The summed E-state index contributed by atoms with van der Waals surface area (Å²) in [6.07, 6.45) is 1.55. The lowest BCUT2D eigenvalue weighted by molar-refractivity contribution is 0.0970. The van der Waals surface area contributed by atoms with Crippen molar-refractivity contribution in [3.05, 3.63) is 91.5 Å². The average Bonchev–Trinajstić information content (AvgIpc) is 3.31. The van der Waals surface area contributed by atoms with Crippen LogP contribution in [0.4, 0.5) is 9.52 Å². The highest BCUT2D eigenvalue weighted by Crippen LogP contribution is 2.42. The van der Waals surface area contributed by atoms with Gasteiger partial charge in [0.05, 0.1) is 10.9 Å². The van der Waals surface area contributed by atoms with Crippen LogP contribution >= 0.6 is 22.9 Å². The van der Waals surface area contributed by atoms with Gasteiger partial charge in [-0.25, -0.2) is 9.37 Å². The average molecular weight is 427 g/mol. The van der Waals surface area contributed by atoms with Gasteiger partial charge in [0, 0.05) is 22.2 Å². The van der Waals surface area contributed by atoms with Gasteiger partial charge in [0.15, 0.2) is 10.6 Å². The molecule has 1 aliphatic rings. The highest BCUT2D eigenvalue weighted by molar-refractivity contribution is 7.13. The molecule has 0 saturated carbocycles. The van der Waals surface area contributed by atoms with E-state index in [1.807, 2.05) is 0 Å².